The van der Waals surface area contributed by atoms with Gasteiger partial charge in [-0.2, -0.15) is 0 Å². The number of benzene rings is 2. The van der Waals surface area contributed by atoms with Crippen LogP contribution in [0.4, 0.5) is 0 Å². The highest BCUT2D eigenvalue weighted by molar-refractivity contribution is 6.11. The van der Waals surface area contributed by atoms with Gasteiger partial charge in [-0.3, -0.25) is 9.97 Å². The Bertz CT molecular complexity index is 1390. The van der Waals surface area contributed by atoms with Gasteiger partial charge < -0.3 is 8.98 Å². The van der Waals surface area contributed by atoms with E-state index in [4.69, 9.17) is 4.42 Å². The maximum Gasteiger partial charge on any atom is 0.179 e. The lowest BCUT2D eigenvalue weighted by Crippen LogP contribution is -1.94. The lowest BCUT2D eigenvalue weighted by molar-refractivity contribution is 0.665. The SMILES string of the molecule is CC.CC.c1cnc2c(c1)oc1c(-n3c4ccccc4c4ccccc43)ccnc12. The van der Waals surface area contributed by atoms with Gasteiger partial charge in [0.05, 0.1) is 16.7 Å². The molecule has 0 saturated carbocycles. The zero-order chi connectivity index (χ0) is 21.1. The third kappa shape index (κ3) is 2.92. The highest BCUT2D eigenvalue weighted by Gasteiger charge is 2.17. The van der Waals surface area contributed by atoms with Crippen molar-refractivity contribution in [3.63, 3.8) is 0 Å². The van der Waals surface area contributed by atoms with E-state index in [1.54, 1.807) is 6.20 Å². The molecule has 0 saturated heterocycles. The van der Waals surface area contributed by atoms with E-state index >= 15 is 0 Å². The molecule has 4 aromatic heterocycles. The molecular weight excluding hydrogens is 370 g/mol. The van der Waals surface area contributed by atoms with Crippen molar-refractivity contribution in [1.29, 1.82) is 0 Å². The van der Waals surface area contributed by atoms with Gasteiger partial charge in [0, 0.05) is 23.2 Å². The normalized spacial score (nSPS) is 10.7. The number of fused-ring (bicyclic) bond motifs is 6. The minimum atomic E-state index is 0.753. The Labute approximate surface area is 175 Å². The number of hydrogen-bond acceptors (Lipinski definition) is 3. The number of hydrogen-bond donors (Lipinski definition) is 0. The van der Waals surface area contributed by atoms with Crippen molar-refractivity contribution >= 4 is 44.0 Å². The van der Waals surface area contributed by atoms with Crippen LogP contribution in [0.2, 0.25) is 0 Å². The first-order valence-electron chi connectivity index (χ1n) is 10.5. The minimum absolute atomic E-state index is 0.753. The fourth-order valence-corrected chi connectivity index (χ4v) is 3.83. The van der Waals surface area contributed by atoms with Crippen molar-refractivity contribution in [2.24, 2.45) is 0 Å². The summed E-state index contributed by atoms with van der Waals surface area (Å²) in [7, 11) is 0. The predicted octanol–water partition coefficient (Wildman–Crippen LogP) is 7.53. The Morgan fingerprint density at radius 2 is 1.23 bits per heavy atom. The van der Waals surface area contributed by atoms with E-state index in [0.29, 0.717) is 0 Å². The first kappa shape index (κ1) is 19.6. The van der Waals surface area contributed by atoms with Crippen LogP contribution in [0, 0.1) is 0 Å². The summed E-state index contributed by atoms with van der Waals surface area (Å²) in [6, 6.07) is 22.7. The number of aromatic nitrogens is 3. The summed E-state index contributed by atoms with van der Waals surface area (Å²) >= 11 is 0. The summed E-state index contributed by atoms with van der Waals surface area (Å²) in [6.45, 7) is 8.00. The summed E-state index contributed by atoms with van der Waals surface area (Å²) < 4.78 is 8.41. The Morgan fingerprint density at radius 1 is 0.633 bits per heavy atom. The second kappa shape index (κ2) is 8.37. The monoisotopic (exact) mass is 395 g/mol. The number of furan rings is 1. The van der Waals surface area contributed by atoms with Crippen molar-refractivity contribution in [2.45, 2.75) is 27.7 Å². The van der Waals surface area contributed by atoms with Crippen molar-refractivity contribution in [1.82, 2.24) is 14.5 Å². The first-order valence-corrected chi connectivity index (χ1v) is 10.5. The van der Waals surface area contributed by atoms with Crippen LogP contribution in [0.1, 0.15) is 27.7 Å². The lowest BCUT2D eigenvalue weighted by atomic mass is 10.2. The molecule has 0 radical (unpaired) electrons. The van der Waals surface area contributed by atoms with Crippen molar-refractivity contribution < 1.29 is 4.42 Å². The van der Waals surface area contributed by atoms with Gasteiger partial charge in [-0.15, -0.1) is 0 Å². The van der Waals surface area contributed by atoms with Gasteiger partial charge in [-0.1, -0.05) is 64.1 Å². The Kier molecular flexibility index (Phi) is 5.48. The van der Waals surface area contributed by atoms with Crippen LogP contribution in [0.15, 0.2) is 83.5 Å². The van der Waals surface area contributed by atoms with Crippen LogP contribution < -0.4 is 0 Å². The molecule has 0 N–H and O–H groups in total. The van der Waals surface area contributed by atoms with Gasteiger partial charge in [0.2, 0.25) is 0 Å². The molecule has 0 bridgehead atoms. The third-order valence-electron chi connectivity index (χ3n) is 4.91. The Balaban J connectivity index is 0.000000516. The van der Waals surface area contributed by atoms with E-state index in [2.05, 4.69) is 63.1 Å². The largest absolute Gasteiger partial charge is 0.450 e. The molecule has 4 heterocycles. The van der Waals surface area contributed by atoms with Crippen molar-refractivity contribution in [3.8, 4) is 5.69 Å². The van der Waals surface area contributed by atoms with Gasteiger partial charge in [0.15, 0.2) is 11.2 Å². The van der Waals surface area contributed by atoms with Crippen LogP contribution in [-0.2, 0) is 0 Å². The molecule has 0 unspecified atom stereocenters. The third-order valence-corrected chi connectivity index (χ3v) is 4.91. The summed E-state index contributed by atoms with van der Waals surface area (Å²) in [5.41, 5.74) is 6.37. The quantitative estimate of drug-likeness (QED) is 0.289. The van der Waals surface area contributed by atoms with E-state index < -0.39 is 0 Å². The second-order valence-electron chi connectivity index (χ2n) is 6.33. The smallest absolute Gasteiger partial charge is 0.179 e. The molecule has 0 aliphatic heterocycles. The van der Waals surface area contributed by atoms with Gasteiger partial charge in [-0.25, -0.2) is 0 Å². The molecule has 0 amide bonds. The second-order valence-corrected chi connectivity index (χ2v) is 6.33. The number of para-hydroxylation sites is 2. The number of nitrogens with zero attached hydrogens (tertiary/aromatic N) is 3. The molecule has 0 fully saturated rings. The molecule has 30 heavy (non-hydrogen) atoms. The molecule has 6 rings (SSSR count). The van der Waals surface area contributed by atoms with Gasteiger partial charge in [-0.05, 0) is 30.3 Å². The maximum atomic E-state index is 6.16. The Morgan fingerprint density at radius 3 is 1.90 bits per heavy atom. The van der Waals surface area contributed by atoms with Gasteiger partial charge >= 0.3 is 0 Å². The molecule has 4 heteroatoms. The molecular formula is C26H25N3O. The van der Waals surface area contributed by atoms with Crippen LogP contribution in [0.25, 0.3) is 49.7 Å². The zero-order valence-electron chi connectivity index (χ0n) is 17.8. The van der Waals surface area contributed by atoms with Crippen LogP contribution in [0.3, 0.4) is 0 Å². The summed E-state index contributed by atoms with van der Waals surface area (Å²) in [5.74, 6) is 0. The fraction of sp³-hybridized carbons (Fsp3) is 0.154. The van der Waals surface area contributed by atoms with Crippen LogP contribution >= 0.6 is 0 Å². The summed E-state index contributed by atoms with van der Waals surface area (Å²) in [6.07, 6.45) is 3.59. The fourth-order valence-electron chi connectivity index (χ4n) is 3.83. The summed E-state index contributed by atoms with van der Waals surface area (Å²) in [4.78, 5) is 8.98. The summed E-state index contributed by atoms with van der Waals surface area (Å²) in [5, 5.41) is 2.45. The highest BCUT2D eigenvalue weighted by atomic mass is 16.3. The molecule has 2 aromatic carbocycles. The standard InChI is InChI=1S/C22H13N3O.2C2H6/c1-3-8-16-14(6-1)15-7-2-4-9-17(15)25(16)18-11-13-24-21-20-19(26-22(18)21)10-5-12-23-20;2*1-2/h1-13H;2*1-2H3. The lowest BCUT2D eigenvalue weighted by Gasteiger charge is -2.07. The average molecular weight is 396 g/mol. The predicted molar refractivity (Wildman–Crippen MR) is 126 cm³/mol. The number of rotatable bonds is 1. The molecule has 4 nitrogen and oxygen atoms in total. The average Bonchev–Trinajstić information content (AvgIpc) is 3.38. The van der Waals surface area contributed by atoms with E-state index in [1.165, 1.54) is 10.8 Å². The maximum absolute atomic E-state index is 6.16. The van der Waals surface area contributed by atoms with Gasteiger partial charge in [0.25, 0.3) is 0 Å². The van der Waals surface area contributed by atoms with Gasteiger partial charge in [0.1, 0.15) is 11.0 Å². The van der Waals surface area contributed by atoms with E-state index in [0.717, 1.165) is 38.9 Å². The molecule has 0 aliphatic carbocycles. The molecule has 0 aliphatic rings. The highest BCUT2D eigenvalue weighted by Crippen LogP contribution is 2.36. The van der Waals surface area contributed by atoms with Crippen molar-refractivity contribution in [3.05, 3.63) is 79.1 Å². The molecule has 0 atom stereocenters. The number of pyridine rings is 2. The van der Waals surface area contributed by atoms with E-state index in [-0.39, 0.29) is 0 Å². The molecule has 0 spiro atoms. The van der Waals surface area contributed by atoms with Crippen LogP contribution in [0.5, 0.6) is 0 Å². The van der Waals surface area contributed by atoms with E-state index in [1.807, 2.05) is 52.1 Å². The molecule has 6 aromatic rings. The topological polar surface area (TPSA) is 43.9 Å². The zero-order valence-corrected chi connectivity index (χ0v) is 17.8. The first-order chi connectivity index (χ1) is 14.9. The van der Waals surface area contributed by atoms with E-state index in [9.17, 15) is 0 Å². The van der Waals surface area contributed by atoms with Crippen LogP contribution in [-0.4, -0.2) is 14.5 Å². The Hall–Kier alpha value is -3.66. The molecule has 150 valence electrons. The minimum Gasteiger partial charge on any atom is -0.450 e. The van der Waals surface area contributed by atoms with Crippen molar-refractivity contribution in [2.75, 3.05) is 0 Å².